The summed E-state index contributed by atoms with van der Waals surface area (Å²) in [5.74, 6) is 0.723. The van der Waals surface area contributed by atoms with E-state index in [1.807, 2.05) is 14.0 Å². The van der Waals surface area contributed by atoms with E-state index >= 15 is 0 Å². The van der Waals surface area contributed by atoms with Crippen molar-refractivity contribution in [2.45, 2.75) is 88.9 Å². The van der Waals surface area contributed by atoms with Gasteiger partial charge < -0.3 is 25.4 Å². The first-order valence-electron chi connectivity index (χ1n) is 10.8. The molecule has 9 unspecified atom stereocenters. The molecule has 29 heavy (non-hydrogen) atoms. The number of hydrogen-bond donors (Lipinski definition) is 4. The molecule has 1 amide bonds. The molecule has 170 valence electrons. The van der Waals surface area contributed by atoms with Crippen LogP contribution in [-0.4, -0.2) is 87.9 Å². The lowest BCUT2D eigenvalue weighted by atomic mass is 9.82. The summed E-state index contributed by atoms with van der Waals surface area (Å²) in [5, 5.41) is 34.3. The first-order chi connectivity index (χ1) is 13.6. The van der Waals surface area contributed by atoms with Gasteiger partial charge in [0.2, 0.25) is 5.91 Å². The fourth-order valence-electron chi connectivity index (χ4n) is 4.58. The van der Waals surface area contributed by atoms with Crippen molar-refractivity contribution in [1.82, 2.24) is 10.2 Å². The Labute approximate surface area is 179 Å². The van der Waals surface area contributed by atoms with E-state index in [2.05, 4.69) is 31.0 Å². The van der Waals surface area contributed by atoms with Crippen molar-refractivity contribution in [3.05, 3.63) is 0 Å². The Morgan fingerprint density at radius 3 is 2.41 bits per heavy atom. The summed E-state index contributed by atoms with van der Waals surface area (Å²) in [6, 6.07) is -0.658. The molecule has 4 N–H and O–H groups in total. The SMILES string of the molecule is CCCC1CC(C(=O)NC(C(C)C(C)C)C2OC(SC)C(O)C(O)C2O)N(C)C1. The van der Waals surface area contributed by atoms with Gasteiger partial charge in [-0.05, 0) is 43.9 Å². The molecule has 2 fully saturated rings. The van der Waals surface area contributed by atoms with Crippen LogP contribution in [0.25, 0.3) is 0 Å². The van der Waals surface area contributed by atoms with Crippen LogP contribution in [0.5, 0.6) is 0 Å². The second kappa shape index (κ2) is 10.8. The molecule has 2 saturated heterocycles. The number of carbonyl (C=O) groups excluding carboxylic acids is 1. The highest BCUT2D eigenvalue weighted by molar-refractivity contribution is 7.99. The van der Waals surface area contributed by atoms with Gasteiger partial charge in [0.15, 0.2) is 0 Å². The summed E-state index contributed by atoms with van der Waals surface area (Å²) in [6.07, 6.45) is 0.310. The number of thioether (sulfide) groups is 1. The molecule has 7 nitrogen and oxygen atoms in total. The van der Waals surface area contributed by atoms with Crippen LogP contribution in [0.15, 0.2) is 0 Å². The molecule has 2 aliphatic heterocycles. The minimum atomic E-state index is -1.31. The van der Waals surface area contributed by atoms with Crippen molar-refractivity contribution >= 4 is 17.7 Å². The molecule has 0 spiro atoms. The number of carbonyl (C=O) groups is 1. The van der Waals surface area contributed by atoms with Crippen molar-refractivity contribution in [1.29, 1.82) is 0 Å². The molecular formula is C21H40N2O5S. The number of rotatable bonds is 8. The predicted molar refractivity (Wildman–Crippen MR) is 116 cm³/mol. The number of aliphatic hydroxyl groups is 3. The number of nitrogens with zero attached hydrogens (tertiary/aromatic N) is 1. The second-order valence-electron chi connectivity index (χ2n) is 9.16. The van der Waals surface area contributed by atoms with Crippen LogP contribution >= 0.6 is 11.8 Å². The van der Waals surface area contributed by atoms with Gasteiger partial charge in [0.25, 0.3) is 0 Å². The van der Waals surface area contributed by atoms with Gasteiger partial charge in [-0.3, -0.25) is 9.69 Å². The zero-order chi connectivity index (χ0) is 21.9. The molecule has 2 heterocycles. The third kappa shape index (κ3) is 5.66. The molecule has 0 aromatic heterocycles. The van der Waals surface area contributed by atoms with Crippen molar-refractivity contribution in [2.24, 2.45) is 17.8 Å². The van der Waals surface area contributed by atoms with E-state index in [4.69, 9.17) is 4.74 Å². The number of aliphatic hydroxyl groups excluding tert-OH is 3. The number of likely N-dealkylation sites (N-methyl/N-ethyl adjacent to an activating group) is 1. The molecule has 0 aliphatic carbocycles. The fourth-order valence-corrected chi connectivity index (χ4v) is 5.26. The van der Waals surface area contributed by atoms with E-state index in [1.165, 1.54) is 11.8 Å². The van der Waals surface area contributed by atoms with Gasteiger partial charge in [0, 0.05) is 6.54 Å². The molecule has 9 atom stereocenters. The molecule has 0 aromatic carbocycles. The van der Waals surface area contributed by atoms with Crippen molar-refractivity contribution in [3.8, 4) is 0 Å². The Balaban J connectivity index is 2.19. The number of nitrogens with one attached hydrogen (secondary N) is 1. The monoisotopic (exact) mass is 432 g/mol. The molecule has 0 aromatic rings. The maximum atomic E-state index is 13.2. The quantitative estimate of drug-likeness (QED) is 0.455. The second-order valence-corrected chi connectivity index (χ2v) is 10.1. The third-order valence-corrected chi connectivity index (χ3v) is 7.61. The topological polar surface area (TPSA) is 102 Å². The van der Waals surface area contributed by atoms with Gasteiger partial charge in [-0.15, -0.1) is 11.8 Å². The van der Waals surface area contributed by atoms with Crippen molar-refractivity contribution in [3.63, 3.8) is 0 Å². The third-order valence-electron chi connectivity index (χ3n) is 6.75. The molecular weight excluding hydrogens is 392 g/mol. The van der Waals surface area contributed by atoms with E-state index in [-0.39, 0.29) is 23.8 Å². The highest BCUT2D eigenvalue weighted by Gasteiger charge is 2.48. The van der Waals surface area contributed by atoms with Crippen LogP contribution in [0.4, 0.5) is 0 Å². The normalized spacial score (nSPS) is 38.2. The zero-order valence-electron chi connectivity index (χ0n) is 18.6. The Morgan fingerprint density at radius 1 is 1.21 bits per heavy atom. The Bertz CT molecular complexity index is 535. The molecule has 0 bridgehead atoms. The van der Waals surface area contributed by atoms with E-state index in [9.17, 15) is 20.1 Å². The number of likely N-dealkylation sites (tertiary alicyclic amines) is 1. The zero-order valence-corrected chi connectivity index (χ0v) is 19.4. The summed E-state index contributed by atoms with van der Waals surface area (Å²) in [4.78, 5) is 15.3. The van der Waals surface area contributed by atoms with Crippen LogP contribution in [-0.2, 0) is 9.53 Å². The van der Waals surface area contributed by atoms with Crippen LogP contribution in [0.2, 0.25) is 0 Å². The van der Waals surface area contributed by atoms with Crippen LogP contribution in [0, 0.1) is 17.8 Å². The van der Waals surface area contributed by atoms with Gasteiger partial charge in [0.05, 0.1) is 12.1 Å². The van der Waals surface area contributed by atoms with Gasteiger partial charge in [-0.1, -0.05) is 34.1 Å². The highest BCUT2D eigenvalue weighted by Crippen LogP contribution is 2.33. The van der Waals surface area contributed by atoms with E-state index in [0.29, 0.717) is 5.92 Å². The highest BCUT2D eigenvalue weighted by atomic mass is 32.2. The smallest absolute Gasteiger partial charge is 0.237 e. The van der Waals surface area contributed by atoms with Crippen molar-refractivity contribution < 1.29 is 24.9 Å². The first kappa shape index (κ1) is 24.9. The van der Waals surface area contributed by atoms with Gasteiger partial charge >= 0.3 is 0 Å². The Hall–Kier alpha value is -0.380. The van der Waals surface area contributed by atoms with E-state index in [1.54, 1.807) is 6.26 Å². The predicted octanol–water partition coefficient (Wildman–Crippen LogP) is 1.05. The maximum Gasteiger partial charge on any atom is 0.237 e. The average Bonchev–Trinajstić information content (AvgIpc) is 3.05. The summed E-state index contributed by atoms with van der Waals surface area (Å²) in [5.41, 5.74) is -0.653. The molecule has 2 aliphatic rings. The summed E-state index contributed by atoms with van der Waals surface area (Å²) in [7, 11) is 1.98. The minimum absolute atomic E-state index is 0.0155. The number of amides is 1. The van der Waals surface area contributed by atoms with Gasteiger partial charge in [0.1, 0.15) is 29.9 Å². The van der Waals surface area contributed by atoms with Crippen LogP contribution < -0.4 is 5.32 Å². The molecule has 0 saturated carbocycles. The van der Waals surface area contributed by atoms with E-state index in [0.717, 1.165) is 25.8 Å². The summed E-state index contributed by atoms with van der Waals surface area (Å²) >= 11 is 1.29. The Morgan fingerprint density at radius 2 is 1.86 bits per heavy atom. The largest absolute Gasteiger partial charge is 0.388 e. The number of hydrogen-bond acceptors (Lipinski definition) is 7. The molecule has 8 heteroatoms. The van der Waals surface area contributed by atoms with Gasteiger partial charge in [-0.2, -0.15) is 0 Å². The standard InChI is InChI=1S/C21H40N2O5S/c1-7-8-13-9-14(23(5)10-13)20(27)22-15(12(4)11(2)3)19-17(25)16(24)18(26)21(28-19)29-6/h11-19,21,24-26H,7-10H2,1-6H3,(H,22,27). The first-order valence-corrected chi connectivity index (χ1v) is 12.1. The van der Waals surface area contributed by atoms with Crippen LogP contribution in [0.1, 0.15) is 47.0 Å². The lowest BCUT2D eigenvalue weighted by molar-refractivity contribution is -0.209. The summed E-state index contributed by atoms with van der Waals surface area (Å²) < 4.78 is 5.99. The minimum Gasteiger partial charge on any atom is -0.388 e. The fraction of sp³-hybridized carbons (Fsp3) is 0.952. The lowest BCUT2D eigenvalue weighted by Gasteiger charge is -2.45. The van der Waals surface area contributed by atoms with Gasteiger partial charge in [-0.25, -0.2) is 0 Å². The van der Waals surface area contributed by atoms with E-state index < -0.39 is 35.9 Å². The lowest BCUT2D eigenvalue weighted by Crippen LogP contribution is -2.65. The maximum absolute atomic E-state index is 13.2. The average molecular weight is 433 g/mol. The summed E-state index contributed by atoms with van der Waals surface area (Å²) in [6.45, 7) is 9.23. The molecule has 0 radical (unpaired) electrons. The molecule has 2 rings (SSSR count). The van der Waals surface area contributed by atoms with Crippen molar-refractivity contribution in [2.75, 3.05) is 19.8 Å². The number of ether oxygens (including phenoxy) is 1. The Kier molecular flexibility index (Phi) is 9.25. The van der Waals surface area contributed by atoms with Crippen LogP contribution in [0.3, 0.4) is 0 Å².